The minimum absolute atomic E-state index is 0.0439. The zero-order valence-corrected chi connectivity index (χ0v) is 12.3. The molecule has 0 aromatic heterocycles. The largest absolute Gasteiger partial charge is 0.481 e. The lowest BCUT2D eigenvalue weighted by atomic mass is 9.94. The fourth-order valence-electron chi connectivity index (χ4n) is 2.10. The lowest BCUT2D eigenvalue weighted by molar-refractivity contribution is -0.144. The third-order valence-electron chi connectivity index (χ3n) is 3.16. The van der Waals surface area contributed by atoms with E-state index in [-0.39, 0.29) is 12.6 Å². The molecule has 110 valence electrons. The predicted octanol–water partition coefficient (Wildman–Crippen LogP) is 1.26. The van der Waals surface area contributed by atoms with Crippen LogP contribution in [0.5, 0.6) is 0 Å². The standard InChI is InChI=1S/C13H24N2O4/c1-13(2,3)19-12(18)15-7-9(11(16)17)6-10(8-15)14(4)5/h9-10H,6-8H2,1-5H3,(H,16,17). The number of carboxylic acid groups (broad SMARTS) is 1. The smallest absolute Gasteiger partial charge is 0.410 e. The molecule has 2 atom stereocenters. The van der Waals surface area contributed by atoms with Gasteiger partial charge in [0.15, 0.2) is 0 Å². The minimum atomic E-state index is -0.861. The third kappa shape index (κ3) is 4.70. The summed E-state index contributed by atoms with van der Waals surface area (Å²) in [4.78, 5) is 26.7. The molecule has 0 saturated carbocycles. The number of rotatable bonds is 2. The normalized spacial score (nSPS) is 24.4. The Hall–Kier alpha value is -1.30. The average molecular weight is 272 g/mol. The van der Waals surface area contributed by atoms with Crippen molar-refractivity contribution in [2.75, 3.05) is 27.2 Å². The number of hydrogen-bond acceptors (Lipinski definition) is 4. The molecule has 0 bridgehead atoms. The maximum absolute atomic E-state index is 12.0. The van der Waals surface area contributed by atoms with Crippen LogP contribution in [0.1, 0.15) is 27.2 Å². The monoisotopic (exact) mass is 272 g/mol. The van der Waals surface area contributed by atoms with Gasteiger partial charge in [-0.05, 0) is 41.3 Å². The number of hydrogen-bond donors (Lipinski definition) is 1. The third-order valence-corrected chi connectivity index (χ3v) is 3.16. The summed E-state index contributed by atoms with van der Waals surface area (Å²) in [5.74, 6) is -1.39. The van der Waals surface area contributed by atoms with Crippen LogP contribution < -0.4 is 0 Å². The Morgan fingerprint density at radius 3 is 2.26 bits per heavy atom. The molecule has 2 unspecified atom stereocenters. The summed E-state index contributed by atoms with van der Waals surface area (Å²) >= 11 is 0. The highest BCUT2D eigenvalue weighted by Crippen LogP contribution is 2.22. The van der Waals surface area contributed by atoms with Crippen molar-refractivity contribution in [2.45, 2.75) is 38.8 Å². The number of nitrogens with zero attached hydrogens (tertiary/aromatic N) is 2. The van der Waals surface area contributed by atoms with E-state index in [1.54, 1.807) is 20.8 Å². The summed E-state index contributed by atoms with van der Waals surface area (Å²) in [6.07, 6.45) is 0.118. The van der Waals surface area contributed by atoms with E-state index in [9.17, 15) is 14.7 Å². The first-order valence-electron chi connectivity index (χ1n) is 6.47. The summed E-state index contributed by atoms with van der Waals surface area (Å²) in [5.41, 5.74) is -0.569. The number of carbonyl (C=O) groups is 2. The summed E-state index contributed by atoms with van der Waals surface area (Å²) in [6.45, 7) is 6.12. The molecule has 1 amide bonds. The average Bonchev–Trinajstić information content (AvgIpc) is 2.25. The van der Waals surface area contributed by atoms with E-state index < -0.39 is 23.6 Å². The van der Waals surface area contributed by atoms with Gasteiger partial charge in [0.2, 0.25) is 0 Å². The zero-order chi connectivity index (χ0) is 14.8. The number of piperidine rings is 1. The van der Waals surface area contributed by atoms with Gasteiger partial charge >= 0.3 is 12.1 Å². The maximum atomic E-state index is 12.0. The van der Waals surface area contributed by atoms with E-state index in [1.807, 2.05) is 19.0 Å². The summed E-state index contributed by atoms with van der Waals surface area (Å²) in [7, 11) is 3.78. The molecule has 6 nitrogen and oxygen atoms in total. The Balaban J connectivity index is 2.76. The predicted molar refractivity (Wildman–Crippen MR) is 71.0 cm³/mol. The minimum Gasteiger partial charge on any atom is -0.481 e. The first-order chi connectivity index (χ1) is 8.60. The second kappa shape index (κ2) is 5.77. The molecule has 1 rings (SSSR count). The quantitative estimate of drug-likeness (QED) is 0.819. The van der Waals surface area contributed by atoms with Crippen LogP contribution in [-0.4, -0.2) is 65.8 Å². The molecular weight excluding hydrogens is 248 g/mol. The maximum Gasteiger partial charge on any atom is 0.410 e. The molecule has 1 N–H and O–H groups in total. The first kappa shape index (κ1) is 15.8. The molecule has 1 heterocycles. The summed E-state index contributed by atoms with van der Waals surface area (Å²) < 4.78 is 5.31. The van der Waals surface area contributed by atoms with Gasteiger partial charge in [0.25, 0.3) is 0 Å². The van der Waals surface area contributed by atoms with Crippen LogP contribution in [0.3, 0.4) is 0 Å². The Bertz CT molecular complexity index is 349. The number of carboxylic acids is 1. The van der Waals surface area contributed by atoms with Gasteiger partial charge in [-0.1, -0.05) is 0 Å². The van der Waals surface area contributed by atoms with Crippen LogP contribution in [-0.2, 0) is 9.53 Å². The zero-order valence-electron chi connectivity index (χ0n) is 12.3. The van der Waals surface area contributed by atoms with Crippen LogP contribution in [0, 0.1) is 5.92 Å². The fraction of sp³-hybridized carbons (Fsp3) is 0.846. The SMILES string of the molecule is CN(C)C1CC(C(=O)O)CN(C(=O)OC(C)(C)C)C1. The highest BCUT2D eigenvalue weighted by atomic mass is 16.6. The molecule has 0 aromatic rings. The van der Waals surface area contributed by atoms with E-state index in [0.717, 1.165) is 0 Å². The number of ether oxygens (including phenoxy) is 1. The van der Waals surface area contributed by atoms with Gasteiger partial charge in [0.05, 0.1) is 5.92 Å². The van der Waals surface area contributed by atoms with Crippen molar-refractivity contribution in [3.8, 4) is 0 Å². The highest BCUT2D eigenvalue weighted by Gasteiger charge is 2.36. The molecule has 0 spiro atoms. The van der Waals surface area contributed by atoms with Crippen molar-refractivity contribution in [1.29, 1.82) is 0 Å². The van der Waals surface area contributed by atoms with Gasteiger partial charge in [-0.3, -0.25) is 4.79 Å². The number of likely N-dealkylation sites (N-methyl/N-ethyl adjacent to an activating group) is 1. The molecule has 1 aliphatic heterocycles. The van der Waals surface area contributed by atoms with Crippen molar-refractivity contribution >= 4 is 12.1 Å². The summed E-state index contributed by atoms with van der Waals surface area (Å²) in [6, 6.07) is 0.0439. The number of likely N-dealkylation sites (tertiary alicyclic amines) is 1. The molecule has 1 saturated heterocycles. The lowest BCUT2D eigenvalue weighted by Gasteiger charge is -2.39. The highest BCUT2D eigenvalue weighted by molar-refractivity contribution is 5.73. The number of carbonyl (C=O) groups excluding carboxylic acids is 1. The van der Waals surface area contributed by atoms with Crippen LogP contribution in [0.15, 0.2) is 0 Å². The van der Waals surface area contributed by atoms with Gasteiger partial charge in [-0.15, -0.1) is 0 Å². The molecule has 0 radical (unpaired) electrons. The molecule has 6 heteroatoms. The number of aliphatic carboxylic acids is 1. The molecular formula is C13H24N2O4. The second-order valence-electron chi connectivity index (χ2n) is 6.27. The van der Waals surface area contributed by atoms with Crippen molar-refractivity contribution in [2.24, 2.45) is 5.92 Å². The molecule has 0 aliphatic carbocycles. The lowest BCUT2D eigenvalue weighted by Crippen LogP contribution is -2.53. The van der Waals surface area contributed by atoms with E-state index in [4.69, 9.17) is 4.74 Å². The van der Waals surface area contributed by atoms with Gasteiger partial charge < -0.3 is 19.6 Å². The molecule has 1 fully saturated rings. The van der Waals surface area contributed by atoms with Gasteiger partial charge in [-0.2, -0.15) is 0 Å². The summed E-state index contributed by atoms with van der Waals surface area (Å²) in [5, 5.41) is 9.17. The van der Waals surface area contributed by atoms with Crippen molar-refractivity contribution in [1.82, 2.24) is 9.80 Å². The van der Waals surface area contributed by atoms with E-state index in [1.165, 1.54) is 4.90 Å². The van der Waals surface area contributed by atoms with Crippen LogP contribution in [0.25, 0.3) is 0 Å². The first-order valence-corrected chi connectivity index (χ1v) is 6.47. The molecule has 0 aromatic carbocycles. The van der Waals surface area contributed by atoms with Crippen molar-refractivity contribution in [3.05, 3.63) is 0 Å². The second-order valence-corrected chi connectivity index (χ2v) is 6.27. The fourth-order valence-corrected chi connectivity index (χ4v) is 2.10. The van der Waals surface area contributed by atoms with E-state index in [0.29, 0.717) is 13.0 Å². The van der Waals surface area contributed by atoms with Crippen LogP contribution >= 0.6 is 0 Å². The van der Waals surface area contributed by atoms with Crippen molar-refractivity contribution < 1.29 is 19.4 Å². The van der Waals surface area contributed by atoms with Gasteiger partial charge in [0, 0.05) is 19.1 Å². The Morgan fingerprint density at radius 1 is 1.26 bits per heavy atom. The molecule has 19 heavy (non-hydrogen) atoms. The van der Waals surface area contributed by atoms with Crippen LogP contribution in [0.4, 0.5) is 4.79 Å². The van der Waals surface area contributed by atoms with Crippen molar-refractivity contribution in [3.63, 3.8) is 0 Å². The Labute approximate surface area is 114 Å². The van der Waals surface area contributed by atoms with E-state index >= 15 is 0 Å². The van der Waals surface area contributed by atoms with Crippen LogP contribution in [0.2, 0.25) is 0 Å². The molecule has 1 aliphatic rings. The number of amides is 1. The van der Waals surface area contributed by atoms with E-state index in [2.05, 4.69) is 0 Å². The van der Waals surface area contributed by atoms with Gasteiger partial charge in [0.1, 0.15) is 5.60 Å². The van der Waals surface area contributed by atoms with Gasteiger partial charge in [-0.25, -0.2) is 4.79 Å². The Kier molecular flexibility index (Phi) is 4.79. The Morgan fingerprint density at radius 2 is 1.84 bits per heavy atom. The topological polar surface area (TPSA) is 70.1 Å².